The molecule has 0 aliphatic carbocycles. The summed E-state index contributed by atoms with van der Waals surface area (Å²) in [5.74, 6) is 0.211. The summed E-state index contributed by atoms with van der Waals surface area (Å²) in [4.78, 5) is 0. The smallest absolute Gasteiger partial charge is 0.123 e. The van der Waals surface area contributed by atoms with Gasteiger partial charge in [-0.2, -0.15) is 0 Å². The third-order valence-electron chi connectivity index (χ3n) is 3.43. The van der Waals surface area contributed by atoms with Gasteiger partial charge in [0.15, 0.2) is 0 Å². The molecule has 1 heterocycles. The number of benzene rings is 1. The molecule has 1 aromatic heterocycles. The normalized spacial score (nSPS) is 12.5. The average molecular weight is 291 g/mol. The molecule has 1 N–H and O–H groups in total. The topological polar surface area (TPSA) is 34.4 Å². The maximum Gasteiger partial charge on any atom is 0.123 e. The monoisotopic (exact) mass is 291 g/mol. The number of nitrogens with one attached hydrogen (secondary N) is 1. The number of rotatable bonds is 9. The van der Waals surface area contributed by atoms with Gasteiger partial charge in [0, 0.05) is 13.7 Å². The highest BCUT2D eigenvalue weighted by Crippen LogP contribution is 2.15. The molecule has 21 heavy (non-hydrogen) atoms. The van der Waals surface area contributed by atoms with Crippen molar-refractivity contribution in [1.29, 1.82) is 0 Å². The van der Waals surface area contributed by atoms with Gasteiger partial charge in [0.2, 0.25) is 0 Å². The predicted octanol–water partition coefficient (Wildman–Crippen LogP) is 3.06. The molecule has 0 spiro atoms. The van der Waals surface area contributed by atoms with Crippen LogP contribution >= 0.6 is 0 Å². The highest BCUT2D eigenvalue weighted by atomic mass is 19.1. The van der Waals surface area contributed by atoms with Crippen LogP contribution in [-0.2, 0) is 17.6 Å². The van der Waals surface area contributed by atoms with E-state index in [2.05, 4.69) is 5.32 Å². The van der Waals surface area contributed by atoms with E-state index in [0.29, 0.717) is 12.5 Å². The Morgan fingerprint density at radius 2 is 2.10 bits per heavy atom. The van der Waals surface area contributed by atoms with Crippen molar-refractivity contribution in [2.75, 3.05) is 26.8 Å². The average Bonchev–Trinajstić information content (AvgIpc) is 2.96. The van der Waals surface area contributed by atoms with Crippen molar-refractivity contribution in [2.45, 2.75) is 12.8 Å². The lowest BCUT2D eigenvalue weighted by molar-refractivity contribution is 0.197. The lowest BCUT2D eigenvalue weighted by atomic mass is 9.93. The molecule has 0 saturated heterocycles. The third-order valence-corrected chi connectivity index (χ3v) is 3.43. The highest BCUT2D eigenvalue weighted by molar-refractivity contribution is 5.18. The molecule has 114 valence electrons. The maximum atomic E-state index is 13.3. The molecule has 0 saturated carbocycles. The molecule has 0 amide bonds. The lowest BCUT2D eigenvalue weighted by Gasteiger charge is -2.17. The first kappa shape index (κ1) is 15.7. The Kier molecular flexibility index (Phi) is 6.44. The Morgan fingerprint density at radius 3 is 2.81 bits per heavy atom. The minimum atomic E-state index is -0.179. The van der Waals surface area contributed by atoms with Gasteiger partial charge in [0.05, 0.1) is 19.1 Å². The number of hydrogen-bond acceptors (Lipinski definition) is 3. The maximum absolute atomic E-state index is 13.3. The predicted molar refractivity (Wildman–Crippen MR) is 80.8 cm³/mol. The Labute approximate surface area is 125 Å². The van der Waals surface area contributed by atoms with Gasteiger partial charge in [0.25, 0.3) is 0 Å². The summed E-state index contributed by atoms with van der Waals surface area (Å²) in [6.45, 7) is 2.38. The number of methoxy groups -OCH3 is 1. The molecule has 0 fully saturated rings. The molecular weight excluding hydrogens is 269 g/mol. The van der Waals surface area contributed by atoms with Crippen LogP contribution in [0.4, 0.5) is 4.39 Å². The van der Waals surface area contributed by atoms with E-state index in [9.17, 15) is 4.39 Å². The number of furan rings is 1. The zero-order valence-corrected chi connectivity index (χ0v) is 12.3. The Morgan fingerprint density at radius 1 is 1.24 bits per heavy atom. The fraction of sp³-hybridized carbons (Fsp3) is 0.412. The summed E-state index contributed by atoms with van der Waals surface area (Å²) in [5, 5.41) is 3.38. The summed E-state index contributed by atoms with van der Waals surface area (Å²) < 4.78 is 23.5. The molecule has 0 bridgehead atoms. The van der Waals surface area contributed by atoms with E-state index < -0.39 is 0 Å². The first-order valence-electron chi connectivity index (χ1n) is 7.23. The van der Waals surface area contributed by atoms with Gasteiger partial charge in [-0.15, -0.1) is 0 Å². The van der Waals surface area contributed by atoms with E-state index in [-0.39, 0.29) is 5.82 Å². The third kappa shape index (κ3) is 5.69. The van der Waals surface area contributed by atoms with E-state index in [1.165, 1.54) is 11.6 Å². The first-order valence-corrected chi connectivity index (χ1v) is 7.23. The second-order valence-electron chi connectivity index (χ2n) is 5.23. The minimum absolute atomic E-state index is 0.179. The van der Waals surface area contributed by atoms with E-state index in [0.717, 1.165) is 31.5 Å². The van der Waals surface area contributed by atoms with Crippen LogP contribution < -0.4 is 5.32 Å². The summed E-state index contributed by atoms with van der Waals surface area (Å²) >= 11 is 0. The van der Waals surface area contributed by atoms with E-state index >= 15 is 0 Å². The van der Waals surface area contributed by atoms with Crippen molar-refractivity contribution in [3.8, 4) is 0 Å². The van der Waals surface area contributed by atoms with Crippen molar-refractivity contribution in [3.05, 3.63) is 59.8 Å². The lowest BCUT2D eigenvalue weighted by Crippen LogP contribution is -2.28. The van der Waals surface area contributed by atoms with Crippen LogP contribution in [0.25, 0.3) is 0 Å². The second-order valence-corrected chi connectivity index (χ2v) is 5.23. The molecular formula is C17H22FNO2. The van der Waals surface area contributed by atoms with E-state index in [1.807, 2.05) is 12.1 Å². The van der Waals surface area contributed by atoms with Crippen LogP contribution in [0, 0.1) is 11.7 Å². The molecule has 1 aromatic carbocycles. The Balaban J connectivity index is 1.93. The van der Waals surface area contributed by atoms with Gasteiger partial charge < -0.3 is 14.5 Å². The Bertz CT molecular complexity index is 513. The standard InChI is InChI=1S/C17H22FNO2/c1-20-8-6-19-12-16(10-15-5-7-21-13-15)9-14-3-2-4-17(18)11-14/h2-5,7,11,13,16,19H,6,8-10,12H2,1H3. The first-order chi connectivity index (χ1) is 10.3. The van der Waals surface area contributed by atoms with Crippen LogP contribution in [-0.4, -0.2) is 26.8 Å². The molecule has 0 radical (unpaired) electrons. The number of halogens is 1. The number of ether oxygens (including phenoxy) is 1. The fourth-order valence-electron chi connectivity index (χ4n) is 2.44. The van der Waals surface area contributed by atoms with Crippen molar-refractivity contribution >= 4 is 0 Å². The second kappa shape index (κ2) is 8.60. The van der Waals surface area contributed by atoms with Gasteiger partial charge in [0.1, 0.15) is 5.82 Å². The molecule has 1 atom stereocenters. The summed E-state index contributed by atoms with van der Waals surface area (Å²) in [6.07, 6.45) is 5.20. The van der Waals surface area contributed by atoms with Crippen molar-refractivity contribution in [3.63, 3.8) is 0 Å². The van der Waals surface area contributed by atoms with Gasteiger partial charge in [-0.1, -0.05) is 12.1 Å². The highest BCUT2D eigenvalue weighted by Gasteiger charge is 2.12. The van der Waals surface area contributed by atoms with Gasteiger partial charge >= 0.3 is 0 Å². The van der Waals surface area contributed by atoms with E-state index in [1.54, 1.807) is 31.8 Å². The van der Waals surface area contributed by atoms with Crippen LogP contribution in [0.3, 0.4) is 0 Å². The van der Waals surface area contributed by atoms with Gasteiger partial charge in [-0.05, 0) is 54.6 Å². The zero-order chi connectivity index (χ0) is 14.9. The fourth-order valence-corrected chi connectivity index (χ4v) is 2.44. The van der Waals surface area contributed by atoms with Crippen LogP contribution in [0.2, 0.25) is 0 Å². The zero-order valence-electron chi connectivity index (χ0n) is 12.3. The van der Waals surface area contributed by atoms with Crippen LogP contribution in [0.1, 0.15) is 11.1 Å². The van der Waals surface area contributed by atoms with Crippen LogP contribution in [0.5, 0.6) is 0 Å². The number of hydrogen-bond donors (Lipinski definition) is 1. The molecule has 0 aliphatic heterocycles. The van der Waals surface area contributed by atoms with Crippen molar-refractivity contribution < 1.29 is 13.5 Å². The SMILES string of the molecule is COCCNCC(Cc1ccoc1)Cc1cccc(F)c1. The minimum Gasteiger partial charge on any atom is -0.472 e. The molecule has 2 aromatic rings. The quantitative estimate of drug-likeness (QED) is 0.721. The van der Waals surface area contributed by atoms with Gasteiger partial charge in [-0.25, -0.2) is 4.39 Å². The molecule has 0 aliphatic rings. The van der Waals surface area contributed by atoms with E-state index in [4.69, 9.17) is 9.15 Å². The molecule has 1 unspecified atom stereocenters. The molecule has 2 rings (SSSR count). The Hall–Kier alpha value is -1.65. The van der Waals surface area contributed by atoms with Crippen LogP contribution in [0.15, 0.2) is 47.3 Å². The largest absolute Gasteiger partial charge is 0.472 e. The summed E-state index contributed by atoms with van der Waals surface area (Å²) in [7, 11) is 1.69. The molecule has 3 nitrogen and oxygen atoms in total. The summed E-state index contributed by atoms with van der Waals surface area (Å²) in [5.41, 5.74) is 2.20. The van der Waals surface area contributed by atoms with Crippen molar-refractivity contribution in [2.24, 2.45) is 5.92 Å². The molecule has 4 heteroatoms. The summed E-state index contributed by atoms with van der Waals surface area (Å²) in [6, 6.07) is 8.80. The van der Waals surface area contributed by atoms with Crippen molar-refractivity contribution in [1.82, 2.24) is 5.32 Å². The van der Waals surface area contributed by atoms with Gasteiger partial charge in [-0.3, -0.25) is 0 Å².